The van der Waals surface area contributed by atoms with E-state index in [1.165, 1.54) is 69.7 Å². The van der Waals surface area contributed by atoms with Crippen molar-refractivity contribution in [1.82, 2.24) is 56.0 Å². The normalized spacial score (nSPS) is 27.2. The van der Waals surface area contributed by atoms with Gasteiger partial charge >= 0.3 is 0 Å². The zero-order chi connectivity index (χ0) is 66.5. The molecule has 0 radical (unpaired) electrons. The van der Waals surface area contributed by atoms with Gasteiger partial charge in [-0.2, -0.15) is 0 Å². The largest absolute Gasteiger partial charge is 0.396 e. The van der Waals surface area contributed by atoms with E-state index in [9.17, 15) is 68.4 Å². The van der Waals surface area contributed by atoms with Gasteiger partial charge in [-0.15, -0.1) is 0 Å². The van der Waals surface area contributed by atoms with Gasteiger partial charge in [0.1, 0.15) is 54.4 Å². The van der Waals surface area contributed by atoms with E-state index in [0.717, 1.165) is 14.7 Å². The number of aliphatic hydroxyl groups is 4. The molecule has 1 aliphatic heterocycles. The third-order valence-electron chi connectivity index (χ3n) is 15.8. The second-order valence-corrected chi connectivity index (χ2v) is 25.3. The van der Waals surface area contributed by atoms with Crippen LogP contribution in [-0.2, 0) is 47.9 Å². The summed E-state index contributed by atoms with van der Waals surface area (Å²) >= 11 is 0. The van der Waals surface area contributed by atoms with Crippen molar-refractivity contribution in [2.75, 3.05) is 61.5 Å². The van der Waals surface area contributed by atoms with E-state index in [1.807, 2.05) is 41.5 Å². The molecule has 25 heteroatoms. The average Bonchev–Trinajstić information content (AvgIpc) is 3.52. The predicted molar refractivity (Wildman–Crippen MR) is 328 cm³/mol. The number of nitrogens with zero attached hydrogens (tertiary/aromatic N) is 6. The van der Waals surface area contributed by atoms with E-state index in [4.69, 9.17) is 0 Å². The van der Waals surface area contributed by atoms with Crippen molar-refractivity contribution in [2.24, 2.45) is 35.5 Å². The fraction of sp³-hybridized carbons (Fsp3) is 0.770. The highest BCUT2D eigenvalue weighted by atomic mass is 16.3. The summed E-state index contributed by atoms with van der Waals surface area (Å²) in [6.45, 7) is 28.0. The number of allylic oxidation sites excluding steroid dienone is 1. The summed E-state index contributed by atoms with van der Waals surface area (Å²) in [5.41, 5.74) is 0.243. The predicted octanol–water partition coefficient (Wildman–Crippen LogP) is 0.583. The molecule has 0 spiro atoms. The average molecular weight is 1220 g/mol. The summed E-state index contributed by atoms with van der Waals surface area (Å²) in [4.78, 5) is 152. The van der Waals surface area contributed by atoms with E-state index in [0.29, 0.717) is 0 Å². The van der Waals surface area contributed by atoms with Gasteiger partial charge in [0, 0.05) is 54.1 Å². The second-order valence-electron chi connectivity index (χ2n) is 25.3. The molecule has 0 aliphatic carbocycles. The van der Waals surface area contributed by atoms with Crippen LogP contribution in [0.25, 0.3) is 0 Å². The fourth-order valence-corrected chi connectivity index (χ4v) is 10.5. The minimum atomic E-state index is -1.79. The van der Waals surface area contributed by atoms with Gasteiger partial charge in [-0.3, -0.25) is 47.9 Å². The van der Waals surface area contributed by atoms with Gasteiger partial charge in [-0.1, -0.05) is 88.0 Å². The van der Waals surface area contributed by atoms with Gasteiger partial charge < -0.3 is 76.4 Å². The van der Waals surface area contributed by atoms with Crippen molar-refractivity contribution in [1.29, 1.82) is 0 Å². The van der Waals surface area contributed by atoms with Crippen molar-refractivity contribution >= 4 is 59.1 Å². The standard InChI is InChI=1S/C61H109N11O14/c1-22-72-47(29-35(6)7)56(81)65-44(27-33(2)3)59(84)69(19)45(28-34(4)5)54(79)63-40(13)53(78)62-39(12)42(15)68(18)46(30-37(10)32-74)55(80)64-41(14)58(83)70(20)50(36(8)9)61(86)71(21)51(52(77)38(11)25-23-24-26-73)57(82)66-49(43(16)75)60(85)67(17)31-48(72)76/h23-24,33-41,43-47,49-52,73-75,77H,15,22,25-32H2,1-14,16-21H3,(H,62,78)(H,63,79)(H,64,80)(H,65,81)(H,66,82)/b24-23+/t37-,38-,39-,40+,41+,43-,44+,45+,46+,47+,49+,50+,51+,52-/m1/s1. The first-order valence-electron chi connectivity index (χ1n) is 30.3. The Kier molecular flexibility index (Phi) is 32.8. The number of rotatable bonds is 17. The number of amides is 10. The molecular formula is C61H109N11O14. The minimum Gasteiger partial charge on any atom is -0.396 e. The van der Waals surface area contributed by atoms with Gasteiger partial charge in [0.15, 0.2) is 0 Å². The molecule has 492 valence electrons. The van der Waals surface area contributed by atoms with Crippen molar-refractivity contribution in [2.45, 2.75) is 209 Å². The fourth-order valence-electron chi connectivity index (χ4n) is 10.5. The summed E-state index contributed by atoms with van der Waals surface area (Å²) < 4.78 is 0. The van der Waals surface area contributed by atoms with E-state index < -0.39 is 156 Å². The van der Waals surface area contributed by atoms with E-state index >= 15 is 0 Å². The Labute approximate surface area is 511 Å². The molecule has 0 saturated carbocycles. The highest BCUT2D eigenvalue weighted by molar-refractivity contribution is 5.98. The molecule has 1 fully saturated rings. The number of likely N-dealkylation sites (N-methyl/N-ethyl adjacent to an activating group) is 6. The number of nitrogens with one attached hydrogen (secondary N) is 5. The summed E-state index contributed by atoms with van der Waals surface area (Å²) in [5.74, 6) is -9.87. The molecule has 1 saturated heterocycles. The SMILES string of the molecule is C=C1[C@@H](C)NC(=O)[C@H](C)NC(=O)[C@H](CC(C)C)N(C)C(=O)[C@H](CC(C)C)NC(=O)[C@H](CC(C)C)N(CC)C(=O)CN(C)C(=O)[C@H]([C@@H](C)O)NC(=O)[C@H]([C@H](O)[C@H](C)C/C=C/CO)N(C)C(=O)[C@H](C(C)C)N(C)C(=O)[C@H](C)NC(=O)[C@H](C[C@@H](C)CO)N1C. The lowest BCUT2D eigenvalue weighted by atomic mass is 9.91. The van der Waals surface area contributed by atoms with Gasteiger partial charge in [0.05, 0.1) is 31.4 Å². The number of hydrogen-bond donors (Lipinski definition) is 9. The Morgan fingerprint density at radius 2 is 1.02 bits per heavy atom. The number of aliphatic hydroxyl groups excluding tert-OH is 4. The van der Waals surface area contributed by atoms with E-state index in [1.54, 1.807) is 54.7 Å². The molecule has 0 aromatic carbocycles. The Hall–Kier alpha value is -6.18. The highest BCUT2D eigenvalue weighted by Crippen LogP contribution is 2.24. The smallest absolute Gasteiger partial charge is 0.248 e. The van der Waals surface area contributed by atoms with Crippen LogP contribution in [0.3, 0.4) is 0 Å². The molecule has 25 nitrogen and oxygen atoms in total. The minimum absolute atomic E-state index is 0.0291. The lowest BCUT2D eigenvalue weighted by Gasteiger charge is -2.40. The van der Waals surface area contributed by atoms with Crippen molar-refractivity contribution in [3.63, 3.8) is 0 Å². The molecule has 0 unspecified atom stereocenters. The van der Waals surface area contributed by atoms with Crippen LogP contribution in [0.5, 0.6) is 0 Å². The van der Waals surface area contributed by atoms with Crippen LogP contribution in [0.2, 0.25) is 0 Å². The van der Waals surface area contributed by atoms with Crippen molar-refractivity contribution in [3.8, 4) is 0 Å². The summed E-state index contributed by atoms with van der Waals surface area (Å²) in [5, 5.41) is 56.5. The Balaban J connectivity index is 4.30. The molecule has 1 heterocycles. The van der Waals surface area contributed by atoms with Crippen LogP contribution >= 0.6 is 0 Å². The summed E-state index contributed by atoms with van der Waals surface area (Å²) in [6.07, 6.45) is 0.293. The van der Waals surface area contributed by atoms with Gasteiger partial charge in [0.25, 0.3) is 0 Å². The Morgan fingerprint density at radius 3 is 1.51 bits per heavy atom. The molecule has 14 atom stereocenters. The molecule has 1 aliphatic rings. The Bertz CT molecular complexity index is 2330. The maximum atomic E-state index is 14.9. The van der Waals surface area contributed by atoms with Crippen molar-refractivity contribution < 1.29 is 68.4 Å². The van der Waals surface area contributed by atoms with Crippen LogP contribution in [0.15, 0.2) is 24.4 Å². The summed E-state index contributed by atoms with van der Waals surface area (Å²) in [7, 11) is 6.85. The topological polar surface area (TPSA) is 331 Å². The molecule has 1 rings (SSSR count). The van der Waals surface area contributed by atoms with Gasteiger partial charge in [-0.05, 0) is 102 Å². The number of carbonyl (C=O) groups excluding carboxylic acids is 10. The monoisotopic (exact) mass is 1220 g/mol. The van der Waals surface area contributed by atoms with Crippen LogP contribution in [-0.4, -0.2) is 243 Å². The van der Waals surface area contributed by atoms with Crippen LogP contribution in [0.1, 0.15) is 136 Å². The molecule has 10 amide bonds. The molecular weight excluding hydrogens is 1110 g/mol. The van der Waals surface area contributed by atoms with Crippen LogP contribution in [0.4, 0.5) is 0 Å². The molecule has 0 bridgehead atoms. The first-order chi connectivity index (χ1) is 39.8. The quantitative estimate of drug-likeness (QED) is 0.0900. The Morgan fingerprint density at radius 1 is 0.535 bits per heavy atom. The first-order valence-corrected chi connectivity index (χ1v) is 30.3. The second kappa shape index (κ2) is 36.2. The highest BCUT2D eigenvalue weighted by Gasteiger charge is 2.45. The molecule has 0 aromatic rings. The van der Waals surface area contributed by atoms with E-state index in [2.05, 4.69) is 33.2 Å². The molecule has 0 aromatic heterocycles. The van der Waals surface area contributed by atoms with Crippen LogP contribution in [0, 0.1) is 35.5 Å². The maximum Gasteiger partial charge on any atom is 0.248 e. The zero-order valence-corrected chi connectivity index (χ0v) is 55.2. The van der Waals surface area contributed by atoms with Crippen molar-refractivity contribution in [3.05, 3.63) is 24.4 Å². The first kappa shape index (κ1) is 77.8. The van der Waals surface area contributed by atoms with Gasteiger partial charge in [-0.25, -0.2) is 0 Å². The number of carbonyl (C=O) groups is 10. The lowest BCUT2D eigenvalue weighted by molar-refractivity contribution is -0.154. The third kappa shape index (κ3) is 22.5. The number of hydrogen-bond acceptors (Lipinski definition) is 15. The lowest BCUT2D eigenvalue weighted by Crippen LogP contribution is -2.64. The molecule has 86 heavy (non-hydrogen) atoms. The third-order valence-corrected chi connectivity index (χ3v) is 15.8. The summed E-state index contributed by atoms with van der Waals surface area (Å²) in [6, 6.07) is -12.8. The van der Waals surface area contributed by atoms with Crippen LogP contribution < -0.4 is 26.6 Å². The van der Waals surface area contributed by atoms with E-state index in [-0.39, 0.29) is 75.3 Å². The van der Waals surface area contributed by atoms with Gasteiger partial charge in [0.2, 0.25) is 59.1 Å². The maximum absolute atomic E-state index is 14.9. The zero-order valence-electron chi connectivity index (χ0n) is 55.2. The molecule has 9 N–H and O–H groups in total.